The minimum Gasteiger partial charge on any atom is -0.477 e. The van der Waals surface area contributed by atoms with Gasteiger partial charge in [0.15, 0.2) is 0 Å². The van der Waals surface area contributed by atoms with Crippen molar-refractivity contribution in [1.82, 2.24) is 4.98 Å². The minimum atomic E-state index is -1.12. The van der Waals surface area contributed by atoms with Gasteiger partial charge in [-0.15, -0.1) is 0 Å². The van der Waals surface area contributed by atoms with Crippen molar-refractivity contribution < 1.29 is 14.6 Å². The van der Waals surface area contributed by atoms with Crippen LogP contribution in [0.5, 0.6) is 11.5 Å². The van der Waals surface area contributed by atoms with Gasteiger partial charge in [-0.3, -0.25) is 4.98 Å². The molecule has 21 heavy (non-hydrogen) atoms. The molecule has 1 aromatic heterocycles. The summed E-state index contributed by atoms with van der Waals surface area (Å²) in [5, 5.41) is 10.0. The Morgan fingerprint density at radius 3 is 2.48 bits per heavy atom. The molecule has 0 spiro atoms. The van der Waals surface area contributed by atoms with Crippen LogP contribution in [0.3, 0.4) is 0 Å². The van der Waals surface area contributed by atoms with E-state index in [1.807, 2.05) is 0 Å². The maximum Gasteiger partial charge on any atom is 0.341 e. The average molecular weight is 391 g/mol. The van der Waals surface area contributed by atoms with Crippen molar-refractivity contribution in [1.29, 1.82) is 0 Å². The van der Waals surface area contributed by atoms with E-state index in [-0.39, 0.29) is 17.1 Å². The highest BCUT2D eigenvalue weighted by atomic mass is 79.9. The number of aryl methyl sites for hydroxylation is 2. The van der Waals surface area contributed by atoms with Crippen LogP contribution in [0.2, 0.25) is 10.0 Å². The number of aromatic carboxylic acids is 1. The summed E-state index contributed by atoms with van der Waals surface area (Å²) in [7, 11) is 0. The van der Waals surface area contributed by atoms with Gasteiger partial charge in [0.2, 0.25) is 0 Å². The molecule has 0 bridgehead atoms. The molecule has 1 N–H and O–H groups in total. The summed E-state index contributed by atoms with van der Waals surface area (Å²) >= 11 is 15.3. The molecule has 0 fully saturated rings. The van der Waals surface area contributed by atoms with Gasteiger partial charge in [-0.05, 0) is 35.8 Å². The van der Waals surface area contributed by atoms with Crippen molar-refractivity contribution in [3.63, 3.8) is 0 Å². The molecule has 0 aliphatic rings. The normalized spacial score (nSPS) is 10.5. The fraction of sp³-hybridized carbons (Fsp3) is 0.143. The van der Waals surface area contributed by atoms with Crippen LogP contribution in [-0.2, 0) is 0 Å². The maximum absolute atomic E-state index is 11.4. The van der Waals surface area contributed by atoms with Crippen LogP contribution in [0.1, 0.15) is 21.7 Å². The standard InChI is InChI=1S/C14H10BrCl2NO3/c1-6-3-12(13(14(19)20)7(2)18-6)21-11-5-9(16)8(15)4-10(11)17/h3-5H,1-2H3,(H,19,20). The van der Waals surface area contributed by atoms with E-state index in [2.05, 4.69) is 20.9 Å². The lowest BCUT2D eigenvalue weighted by Gasteiger charge is -2.13. The van der Waals surface area contributed by atoms with Gasteiger partial charge >= 0.3 is 5.97 Å². The zero-order valence-electron chi connectivity index (χ0n) is 11.1. The molecule has 0 atom stereocenters. The Hall–Kier alpha value is -1.30. The molecule has 2 aromatic rings. The number of benzene rings is 1. The third kappa shape index (κ3) is 3.48. The molecule has 0 unspecified atom stereocenters. The Balaban J connectivity index is 2.54. The smallest absolute Gasteiger partial charge is 0.341 e. The first-order chi connectivity index (χ1) is 9.79. The predicted molar refractivity (Wildman–Crippen MR) is 84.9 cm³/mol. The summed E-state index contributed by atoms with van der Waals surface area (Å²) in [6.45, 7) is 3.36. The number of aromatic nitrogens is 1. The second-order valence-corrected chi connectivity index (χ2v) is 5.99. The molecule has 2 rings (SSSR count). The highest BCUT2D eigenvalue weighted by molar-refractivity contribution is 9.10. The minimum absolute atomic E-state index is 0.00397. The molecule has 0 radical (unpaired) electrons. The van der Waals surface area contributed by atoms with Gasteiger partial charge in [-0.25, -0.2) is 4.79 Å². The van der Waals surface area contributed by atoms with Gasteiger partial charge in [-0.2, -0.15) is 0 Å². The Morgan fingerprint density at radius 1 is 1.19 bits per heavy atom. The van der Waals surface area contributed by atoms with Gasteiger partial charge < -0.3 is 9.84 Å². The first-order valence-corrected chi connectivity index (χ1v) is 7.38. The number of hydrogen-bond donors (Lipinski definition) is 1. The van der Waals surface area contributed by atoms with Crippen LogP contribution in [0, 0.1) is 13.8 Å². The lowest BCUT2D eigenvalue weighted by molar-refractivity contribution is 0.0693. The Morgan fingerprint density at radius 2 is 1.86 bits per heavy atom. The molecule has 0 amide bonds. The molecule has 110 valence electrons. The third-order valence-corrected chi connectivity index (χ3v) is 4.19. The molecular weight excluding hydrogens is 381 g/mol. The number of rotatable bonds is 3. The summed E-state index contributed by atoms with van der Waals surface area (Å²) in [6, 6.07) is 4.65. The molecule has 0 saturated carbocycles. The fourth-order valence-corrected chi connectivity index (χ4v) is 2.67. The number of carboxylic acid groups (broad SMARTS) is 1. The van der Waals surface area contributed by atoms with Gasteiger partial charge in [0.05, 0.1) is 15.7 Å². The zero-order valence-corrected chi connectivity index (χ0v) is 14.2. The molecular formula is C14H10BrCl2NO3. The van der Waals surface area contributed by atoms with E-state index in [4.69, 9.17) is 27.9 Å². The maximum atomic E-state index is 11.4. The second-order valence-electron chi connectivity index (χ2n) is 4.33. The largest absolute Gasteiger partial charge is 0.477 e. The number of pyridine rings is 1. The second kappa shape index (κ2) is 6.22. The predicted octanol–water partition coefficient (Wildman–Crippen LogP) is 5.26. The Kier molecular flexibility index (Phi) is 4.76. The number of hydrogen-bond acceptors (Lipinski definition) is 3. The fourth-order valence-electron chi connectivity index (χ4n) is 1.83. The third-order valence-electron chi connectivity index (χ3n) is 2.70. The van der Waals surface area contributed by atoms with E-state index in [1.165, 1.54) is 6.07 Å². The summed E-state index contributed by atoms with van der Waals surface area (Å²) in [5.74, 6) is -0.667. The quantitative estimate of drug-likeness (QED) is 0.726. The summed E-state index contributed by atoms with van der Waals surface area (Å²) in [4.78, 5) is 15.5. The van der Waals surface area contributed by atoms with E-state index in [9.17, 15) is 9.90 Å². The highest BCUT2D eigenvalue weighted by Gasteiger charge is 2.18. The molecule has 0 saturated heterocycles. The average Bonchev–Trinajstić information content (AvgIpc) is 2.34. The van der Waals surface area contributed by atoms with Crippen molar-refractivity contribution in [2.24, 2.45) is 0 Å². The van der Waals surface area contributed by atoms with Crippen LogP contribution in [-0.4, -0.2) is 16.1 Å². The molecule has 1 heterocycles. The summed E-state index contributed by atoms with van der Waals surface area (Å²) in [6.07, 6.45) is 0. The topological polar surface area (TPSA) is 59.4 Å². The SMILES string of the molecule is Cc1cc(Oc2cc(Cl)c(Br)cc2Cl)c(C(=O)O)c(C)n1. The lowest BCUT2D eigenvalue weighted by Crippen LogP contribution is -2.06. The monoisotopic (exact) mass is 389 g/mol. The van der Waals surface area contributed by atoms with Crippen molar-refractivity contribution >= 4 is 45.1 Å². The van der Waals surface area contributed by atoms with Crippen LogP contribution in [0.15, 0.2) is 22.7 Å². The number of nitrogens with zero attached hydrogens (tertiary/aromatic N) is 1. The lowest BCUT2D eigenvalue weighted by atomic mass is 10.1. The van der Waals surface area contributed by atoms with Crippen molar-refractivity contribution in [3.8, 4) is 11.5 Å². The molecule has 0 aliphatic heterocycles. The number of carboxylic acids is 1. The zero-order chi connectivity index (χ0) is 15.7. The summed E-state index contributed by atoms with van der Waals surface area (Å²) < 4.78 is 6.27. The van der Waals surface area contributed by atoms with Crippen molar-refractivity contribution in [2.75, 3.05) is 0 Å². The van der Waals surface area contributed by atoms with Gasteiger partial charge in [0.1, 0.15) is 17.1 Å². The van der Waals surface area contributed by atoms with Crippen LogP contribution < -0.4 is 4.74 Å². The van der Waals surface area contributed by atoms with Gasteiger partial charge in [0.25, 0.3) is 0 Å². The Bertz CT molecular complexity index is 735. The van der Waals surface area contributed by atoms with Crippen LogP contribution >= 0.6 is 39.1 Å². The molecule has 4 nitrogen and oxygen atoms in total. The van der Waals surface area contributed by atoms with E-state index in [0.717, 1.165) is 0 Å². The number of ether oxygens (including phenoxy) is 1. The number of halogens is 3. The molecule has 1 aromatic carbocycles. The molecule has 7 heteroatoms. The Labute approximate surface area is 139 Å². The highest BCUT2D eigenvalue weighted by Crippen LogP contribution is 2.37. The van der Waals surface area contributed by atoms with E-state index in [0.29, 0.717) is 25.9 Å². The van der Waals surface area contributed by atoms with Crippen LogP contribution in [0.25, 0.3) is 0 Å². The van der Waals surface area contributed by atoms with Crippen LogP contribution in [0.4, 0.5) is 0 Å². The molecule has 0 aliphatic carbocycles. The summed E-state index contributed by atoms with van der Waals surface area (Å²) in [5.41, 5.74) is 1.01. The van der Waals surface area contributed by atoms with Gasteiger partial charge in [0, 0.05) is 22.3 Å². The number of carbonyl (C=O) groups is 1. The first-order valence-electron chi connectivity index (χ1n) is 5.83. The first kappa shape index (κ1) is 16.1. The van der Waals surface area contributed by atoms with Gasteiger partial charge in [-0.1, -0.05) is 23.2 Å². The van der Waals surface area contributed by atoms with Crippen molar-refractivity contribution in [2.45, 2.75) is 13.8 Å². The van der Waals surface area contributed by atoms with E-state index in [1.54, 1.807) is 26.0 Å². The van der Waals surface area contributed by atoms with Crippen molar-refractivity contribution in [3.05, 3.63) is 49.7 Å². The van der Waals surface area contributed by atoms with E-state index >= 15 is 0 Å². The van der Waals surface area contributed by atoms with E-state index < -0.39 is 5.97 Å².